The Balaban J connectivity index is 2.24. The van der Waals surface area contributed by atoms with E-state index in [1.54, 1.807) is 19.2 Å². The predicted octanol–water partition coefficient (Wildman–Crippen LogP) is 4.29. The Morgan fingerprint density at radius 1 is 1.29 bits per heavy atom. The fourth-order valence-corrected chi connectivity index (χ4v) is 2.39. The molecule has 0 heterocycles. The fraction of sp³-hybridized carbons (Fsp3) is 0.200. The van der Waals surface area contributed by atoms with Crippen molar-refractivity contribution in [3.63, 3.8) is 0 Å². The van der Waals surface area contributed by atoms with E-state index in [2.05, 4.69) is 21.2 Å². The van der Waals surface area contributed by atoms with Crippen molar-refractivity contribution in [1.29, 1.82) is 0 Å². The molecule has 5 nitrogen and oxygen atoms in total. The van der Waals surface area contributed by atoms with Gasteiger partial charge in [0.25, 0.3) is 5.69 Å². The molecule has 0 aliphatic rings. The average molecular weight is 351 g/mol. The topological polar surface area (TPSA) is 64.4 Å². The van der Waals surface area contributed by atoms with Crippen LogP contribution in [0.4, 0.5) is 11.4 Å². The normalized spacial score (nSPS) is 10.2. The highest BCUT2D eigenvalue weighted by atomic mass is 79.9. The first-order valence-electron chi connectivity index (χ1n) is 6.32. The second-order valence-electron chi connectivity index (χ2n) is 4.59. The second kappa shape index (κ2) is 6.58. The minimum absolute atomic E-state index is 0.0380. The molecule has 1 N–H and O–H groups in total. The molecule has 2 rings (SSSR count). The van der Waals surface area contributed by atoms with Crippen LogP contribution in [-0.4, -0.2) is 12.0 Å². The van der Waals surface area contributed by atoms with Gasteiger partial charge in [-0.2, -0.15) is 0 Å². The van der Waals surface area contributed by atoms with Crippen LogP contribution in [0.3, 0.4) is 0 Å². The number of ether oxygens (including phenoxy) is 1. The van der Waals surface area contributed by atoms with Gasteiger partial charge in [-0.15, -0.1) is 0 Å². The van der Waals surface area contributed by atoms with Crippen molar-refractivity contribution in [3.05, 3.63) is 62.1 Å². The van der Waals surface area contributed by atoms with Gasteiger partial charge < -0.3 is 10.1 Å². The monoisotopic (exact) mass is 350 g/mol. The Kier molecular flexibility index (Phi) is 4.80. The van der Waals surface area contributed by atoms with Gasteiger partial charge in [-0.3, -0.25) is 10.1 Å². The third-order valence-corrected chi connectivity index (χ3v) is 3.55. The largest absolute Gasteiger partial charge is 0.496 e. The molecule has 0 aromatic heterocycles. The average Bonchev–Trinajstić information content (AvgIpc) is 2.46. The molecule has 0 spiro atoms. The van der Waals surface area contributed by atoms with Gasteiger partial charge in [0.2, 0.25) is 0 Å². The van der Waals surface area contributed by atoms with E-state index in [0.29, 0.717) is 16.7 Å². The highest BCUT2D eigenvalue weighted by Crippen LogP contribution is 2.29. The molecule has 0 radical (unpaired) electrons. The number of hydrogen-bond acceptors (Lipinski definition) is 4. The summed E-state index contributed by atoms with van der Waals surface area (Å²) in [6.07, 6.45) is 0. The zero-order valence-corrected chi connectivity index (χ0v) is 13.3. The number of nitrogens with one attached hydrogen (secondary N) is 1. The molecule has 2 aromatic rings. The lowest BCUT2D eigenvalue weighted by Crippen LogP contribution is -2.04. The molecular weight excluding hydrogens is 336 g/mol. The van der Waals surface area contributed by atoms with Crippen molar-refractivity contribution in [2.75, 3.05) is 12.4 Å². The van der Waals surface area contributed by atoms with E-state index in [4.69, 9.17) is 4.74 Å². The molecule has 0 aliphatic carbocycles. The summed E-state index contributed by atoms with van der Waals surface area (Å²) < 4.78 is 5.98. The first-order valence-corrected chi connectivity index (χ1v) is 7.12. The van der Waals surface area contributed by atoms with E-state index in [-0.39, 0.29) is 5.69 Å². The van der Waals surface area contributed by atoms with E-state index in [1.165, 1.54) is 6.07 Å². The number of hydrogen-bond donors (Lipinski definition) is 1. The molecule has 0 aliphatic heterocycles. The number of methoxy groups -OCH3 is 1. The van der Waals surface area contributed by atoms with Gasteiger partial charge in [0, 0.05) is 22.6 Å². The Bertz CT molecular complexity index is 674. The number of nitro groups is 1. The smallest absolute Gasteiger partial charge is 0.293 e. The van der Waals surface area contributed by atoms with Crippen molar-refractivity contribution >= 4 is 27.3 Å². The summed E-state index contributed by atoms with van der Waals surface area (Å²) in [5, 5.41) is 14.2. The molecule has 0 saturated carbocycles. The van der Waals surface area contributed by atoms with E-state index in [1.807, 2.05) is 25.1 Å². The van der Waals surface area contributed by atoms with E-state index >= 15 is 0 Å². The molecule has 6 heteroatoms. The molecule has 0 atom stereocenters. The number of nitro benzene ring substituents is 1. The number of nitrogens with zero attached hydrogens (tertiary/aromatic N) is 1. The van der Waals surface area contributed by atoms with E-state index in [0.717, 1.165) is 16.9 Å². The Labute approximate surface area is 131 Å². The predicted molar refractivity (Wildman–Crippen MR) is 85.9 cm³/mol. The van der Waals surface area contributed by atoms with Gasteiger partial charge in [0.15, 0.2) is 0 Å². The van der Waals surface area contributed by atoms with Crippen molar-refractivity contribution in [2.45, 2.75) is 13.5 Å². The number of anilines is 1. The van der Waals surface area contributed by atoms with Crippen LogP contribution in [-0.2, 0) is 6.54 Å². The molecule has 110 valence electrons. The summed E-state index contributed by atoms with van der Waals surface area (Å²) >= 11 is 3.24. The third-order valence-electron chi connectivity index (χ3n) is 3.06. The zero-order chi connectivity index (χ0) is 15.4. The van der Waals surface area contributed by atoms with Gasteiger partial charge in [-0.1, -0.05) is 33.6 Å². The highest BCUT2D eigenvalue weighted by Gasteiger charge is 2.14. The van der Waals surface area contributed by atoms with Crippen molar-refractivity contribution in [1.82, 2.24) is 0 Å². The summed E-state index contributed by atoms with van der Waals surface area (Å²) in [5.74, 6) is 0.757. The van der Waals surface area contributed by atoms with Crippen LogP contribution in [0.2, 0.25) is 0 Å². The lowest BCUT2D eigenvalue weighted by Gasteiger charge is -2.12. The second-order valence-corrected chi connectivity index (χ2v) is 5.50. The Hall–Kier alpha value is -2.08. The van der Waals surface area contributed by atoms with Gasteiger partial charge in [-0.25, -0.2) is 0 Å². The lowest BCUT2D eigenvalue weighted by atomic mass is 10.1. The van der Waals surface area contributed by atoms with Gasteiger partial charge in [0.05, 0.1) is 12.0 Å². The van der Waals surface area contributed by atoms with Crippen LogP contribution in [0.5, 0.6) is 5.75 Å². The standard InChI is InChI=1S/C15H15BrN2O3/c1-10-3-6-15(21-2)11(7-10)9-17-13-5-4-12(16)8-14(13)18(19)20/h3-8,17H,9H2,1-2H3. The van der Waals surface area contributed by atoms with Crippen LogP contribution in [0, 0.1) is 17.0 Å². The number of aryl methyl sites for hydroxylation is 1. The Morgan fingerprint density at radius 3 is 2.71 bits per heavy atom. The molecule has 0 amide bonds. The third kappa shape index (κ3) is 3.72. The zero-order valence-electron chi connectivity index (χ0n) is 11.7. The molecule has 2 aromatic carbocycles. The van der Waals surface area contributed by atoms with Crippen molar-refractivity contribution in [3.8, 4) is 5.75 Å². The number of halogens is 1. The first kappa shape index (κ1) is 15.3. The van der Waals surface area contributed by atoms with Gasteiger partial charge in [0.1, 0.15) is 11.4 Å². The van der Waals surface area contributed by atoms with Gasteiger partial charge >= 0.3 is 0 Å². The Morgan fingerprint density at radius 2 is 2.05 bits per heavy atom. The summed E-state index contributed by atoms with van der Waals surface area (Å²) in [6.45, 7) is 2.44. The maximum atomic E-state index is 11.1. The highest BCUT2D eigenvalue weighted by molar-refractivity contribution is 9.10. The van der Waals surface area contributed by atoms with Crippen LogP contribution in [0.25, 0.3) is 0 Å². The van der Waals surface area contributed by atoms with Crippen LogP contribution >= 0.6 is 15.9 Å². The van der Waals surface area contributed by atoms with Crippen LogP contribution in [0.15, 0.2) is 40.9 Å². The maximum absolute atomic E-state index is 11.1. The van der Waals surface area contributed by atoms with Crippen LogP contribution in [0.1, 0.15) is 11.1 Å². The maximum Gasteiger partial charge on any atom is 0.293 e. The van der Waals surface area contributed by atoms with Gasteiger partial charge in [-0.05, 0) is 25.1 Å². The summed E-state index contributed by atoms with van der Waals surface area (Å²) in [7, 11) is 1.61. The van der Waals surface area contributed by atoms with Crippen molar-refractivity contribution in [2.24, 2.45) is 0 Å². The van der Waals surface area contributed by atoms with E-state index in [9.17, 15) is 10.1 Å². The fourth-order valence-electron chi connectivity index (χ4n) is 2.04. The van der Waals surface area contributed by atoms with Crippen LogP contribution < -0.4 is 10.1 Å². The first-order chi connectivity index (χ1) is 10.0. The molecular formula is C15H15BrN2O3. The minimum Gasteiger partial charge on any atom is -0.496 e. The molecule has 0 bridgehead atoms. The SMILES string of the molecule is COc1ccc(C)cc1CNc1ccc(Br)cc1[N+](=O)[O-]. The number of benzene rings is 2. The number of rotatable bonds is 5. The lowest BCUT2D eigenvalue weighted by molar-refractivity contribution is -0.384. The summed E-state index contributed by atoms with van der Waals surface area (Å²) in [6, 6.07) is 10.8. The summed E-state index contributed by atoms with van der Waals surface area (Å²) in [5.41, 5.74) is 2.58. The van der Waals surface area contributed by atoms with Crippen molar-refractivity contribution < 1.29 is 9.66 Å². The molecule has 21 heavy (non-hydrogen) atoms. The minimum atomic E-state index is -0.402. The quantitative estimate of drug-likeness (QED) is 0.645. The summed E-state index contributed by atoms with van der Waals surface area (Å²) in [4.78, 5) is 10.7. The molecule has 0 saturated heterocycles. The van der Waals surface area contributed by atoms with E-state index < -0.39 is 4.92 Å². The molecule has 0 unspecified atom stereocenters. The molecule has 0 fully saturated rings.